The van der Waals surface area contributed by atoms with Gasteiger partial charge < -0.3 is 4.74 Å². The van der Waals surface area contributed by atoms with Crippen molar-refractivity contribution in [3.8, 4) is 17.1 Å². The summed E-state index contributed by atoms with van der Waals surface area (Å²) in [4.78, 5) is 14.6. The molecule has 8 heteroatoms. The van der Waals surface area contributed by atoms with Crippen LogP contribution in [-0.2, 0) is 0 Å². The van der Waals surface area contributed by atoms with Gasteiger partial charge in [-0.05, 0) is 12.1 Å². The Morgan fingerprint density at radius 2 is 1.95 bits per heavy atom. The average Bonchev–Trinajstić information content (AvgIpc) is 2.42. The first-order chi connectivity index (χ1) is 9.43. The zero-order valence-electron chi connectivity index (χ0n) is 10.1. The van der Waals surface area contributed by atoms with Gasteiger partial charge in [0.25, 0.3) is 5.69 Å². The van der Waals surface area contributed by atoms with Crippen LogP contribution >= 0.6 is 34.8 Å². The molecule has 5 nitrogen and oxygen atoms in total. The Kier molecular flexibility index (Phi) is 4.32. The number of rotatable bonds is 3. The maximum absolute atomic E-state index is 11.1. The van der Waals surface area contributed by atoms with E-state index in [1.807, 2.05) is 0 Å². The third kappa shape index (κ3) is 2.80. The molecule has 0 saturated carbocycles. The van der Waals surface area contributed by atoms with Crippen molar-refractivity contribution in [1.82, 2.24) is 4.98 Å². The summed E-state index contributed by atoms with van der Waals surface area (Å²) in [5, 5.41) is 11.7. The summed E-state index contributed by atoms with van der Waals surface area (Å²) in [6.07, 6.45) is 0. The molecule has 0 fully saturated rings. The molecule has 0 bridgehead atoms. The molecule has 0 N–H and O–H groups in total. The van der Waals surface area contributed by atoms with E-state index >= 15 is 0 Å². The van der Waals surface area contributed by atoms with Crippen LogP contribution in [-0.4, -0.2) is 17.0 Å². The smallest absolute Gasteiger partial charge is 0.295 e. The monoisotopic (exact) mass is 332 g/mol. The van der Waals surface area contributed by atoms with E-state index in [9.17, 15) is 10.1 Å². The fraction of sp³-hybridized carbons (Fsp3) is 0.0833. The van der Waals surface area contributed by atoms with Crippen LogP contribution in [0.5, 0.6) is 5.88 Å². The van der Waals surface area contributed by atoms with Crippen molar-refractivity contribution < 1.29 is 9.66 Å². The lowest BCUT2D eigenvalue weighted by Gasteiger charge is -2.08. The number of nitro groups is 1. The zero-order chi connectivity index (χ0) is 14.9. The number of benzene rings is 1. The number of pyridine rings is 1. The lowest BCUT2D eigenvalue weighted by atomic mass is 10.1. The molecule has 1 aromatic carbocycles. The lowest BCUT2D eigenvalue weighted by molar-refractivity contribution is -0.384. The Morgan fingerprint density at radius 3 is 2.55 bits per heavy atom. The van der Waals surface area contributed by atoms with Crippen LogP contribution < -0.4 is 4.74 Å². The second kappa shape index (κ2) is 5.83. The summed E-state index contributed by atoms with van der Waals surface area (Å²) in [7, 11) is 1.41. The summed E-state index contributed by atoms with van der Waals surface area (Å²) in [6.45, 7) is 0. The Balaban J connectivity index is 2.76. The summed E-state index contributed by atoms with van der Waals surface area (Å²) < 4.78 is 4.97. The van der Waals surface area contributed by atoms with E-state index in [1.165, 1.54) is 31.4 Å². The maximum atomic E-state index is 11.1. The van der Waals surface area contributed by atoms with Gasteiger partial charge in [0.05, 0.1) is 22.1 Å². The minimum absolute atomic E-state index is 0.0451. The standard InChI is InChI=1S/C12H7Cl3N2O3/c1-20-10-3-2-9(17(18)19)12(16-10)7-4-6(13)5-8(14)11(7)15/h2-5H,1H3. The van der Waals surface area contributed by atoms with Crippen LogP contribution in [0.1, 0.15) is 0 Å². The lowest BCUT2D eigenvalue weighted by Crippen LogP contribution is -1.97. The molecule has 104 valence electrons. The summed E-state index contributed by atoms with van der Waals surface area (Å²) >= 11 is 17.9. The molecule has 0 unspecified atom stereocenters. The zero-order valence-corrected chi connectivity index (χ0v) is 12.3. The van der Waals surface area contributed by atoms with Gasteiger partial charge in [-0.15, -0.1) is 0 Å². The van der Waals surface area contributed by atoms with Gasteiger partial charge in [0.1, 0.15) is 0 Å². The Morgan fingerprint density at radius 1 is 1.25 bits per heavy atom. The topological polar surface area (TPSA) is 65.3 Å². The SMILES string of the molecule is COc1ccc([N+](=O)[O-])c(-c2cc(Cl)cc(Cl)c2Cl)n1. The van der Waals surface area contributed by atoms with Crippen molar-refractivity contribution in [3.63, 3.8) is 0 Å². The van der Waals surface area contributed by atoms with Crippen LogP contribution in [0.4, 0.5) is 5.69 Å². The van der Waals surface area contributed by atoms with Crippen LogP contribution in [0.25, 0.3) is 11.3 Å². The molecule has 0 saturated heterocycles. The van der Waals surface area contributed by atoms with Crippen molar-refractivity contribution >= 4 is 40.5 Å². The summed E-state index contributed by atoms with van der Waals surface area (Å²) in [5.74, 6) is 0.220. The second-order valence-corrected chi connectivity index (χ2v) is 4.95. The maximum Gasteiger partial charge on any atom is 0.295 e. The predicted octanol–water partition coefficient (Wildman–Crippen LogP) is 4.63. The van der Waals surface area contributed by atoms with Crippen molar-refractivity contribution in [2.24, 2.45) is 0 Å². The number of ether oxygens (including phenoxy) is 1. The molecule has 0 atom stereocenters. The van der Waals surface area contributed by atoms with E-state index in [1.54, 1.807) is 0 Å². The molecule has 0 aliphatic carbocycles. The molecular formula is C12H7Cl3N2O3. The Bertz CT molecular complexity index is 692. The highest BCUT2D eigenvalue weighted by Crippen LogP contribution is 2.39. The number of nitrogens with zero attached hydrogens (tertiary/aromatic N) is 2. The summed E-state index contributed by atoms with van der Waals surface area (Å²) in [6, 6.07) is 5.58. The molecular weight excluding hydrogens is 327 g/mol. The minimum Gasteiger partial charge on any atom is -0.481 e. The highest BCUT2D eigenvalue weighted by molar-refractivity contribution is 6.45. The molecule has 0 amide bonds. The highest BCUT2D eigenvalue weighted by atomic mass is 35.5. The van der Waals surface area contributed by atoms with Crippen LogP contribution in [0.15, 0.2) is 24.3 Å². The third-order valence-corrected chi connectivity index (χ3v) is 3.52. The number of halogens is 3. The minimum atomic E-state index is -0.563. The fourth-order valence-electron chi connectivity index (χ4n) is 1.62. The number of methoxy groups -OCH3 is 1. The van der Waals surface area contributed by atoms with Crippen LogP contribution in [0.3, 0.4) is 0 Å². The number of hydrogen-bond donors (Lipinski definition) is 0. The second-order valence-electron chi connectivity index (χ2n) is 3.73. The first kappa shape index (κ1) is 14.8. The van der Waals surface area contributed by atoms with E-state index in [4.69, 9.17) is 39.5 Å². The van der Waals surface area contributed by atoms with Crippen molar-refractivity contribution in [1.29, 1.82) is 0 Å². The Labute approximate surface area is 129 Å². The molecule has 1 aromatic heterocycles. The fourth-order valence-corrected chi connectivity index (χ4v) is 2.31. The van der Waals surface area contributed by atoms with Gasteiger partial charge >= 0.3 is 0 Å². The van der Waals surface area contributed by atoms with Crippen molar-refractivity contribution in [3.05, 3.63) is 49.4 Å². The average molecular weight is 334 g/mol. The van der Waals surface area contributed by atoms with Crippen molar-refractivity contribution in [2.75, 3.05) is 7.11 Å². The molecule has 0 spiro atoms. The van der Waals surface area contributed by atoms with Gasteiger partial charge in [-0.2, -0.15) is 0 Å². The van der Waals surface area contributed by atoms with E-state index in [0.29, 0.717) is 5.02 Å². The van der Waals surface area contributed by atoms with Crippen LogP contribution in [0, 0.1) is 10.1 Å². The van der Waals surface area contributed by atoms with E-state index in [0.717, 1.165) is 0 Å². The predicted molar refractivity (Wildman–Crippen MR) is 77.9 cm³/mol. The van der Waals surface area contributed by atoms with Crippen molar-refractivity contribution in [2.45, 2.75) is 0 Å². The molecule has 2 rings (SSSR count). The molecule has 0 aliphatic heterocycles. The molecule has 1 heterocycles. The van der Waals surface area contributed by atoms with Gasteiger partial charge in [0.2, 0.25) is 5.88 Å². The first-order valence-corrected chi connectivity index (χ1v) is 6.41. The molecule has 20 heavy (non-hydrogen) atoms. The van der Waals surface area contributed by atoms with Crippen LogP contribution in [0.2, 0.25) is 15.1 Å². The van der Waals surface area contributed by atoms with E-state index < -0.39 is 4.92 Å². The molecule has 0 radical (unpaired) electrons. The van der Waals surface area contributed by atoms with Gasteiger partial charge in [-0.1, -0.05) is 34.8 Å². The summed E-state index contributed by atoms with van der Waals surface area (Å²) in [5.41, 5.74) is 0.101. The molecule has 2 aromatic rings. The number of hydrogen-bond acceptors (Lipinski definition) is 4. The normalized spacial score (nSPS) is 10.4. The van der Waals surface area contributed by atoms with E-state index in [2.05, 4.69) is 4.98 Å². The van der Waals surface area contributed by atoms with E-state index in [-0.39, 0.29) is 32.9 Å². The Hall–Kier alpha value is -1.56. The highest BCUT2D eigenvalue weighted by Gasteiger charge is 2.22. The van der Waals surface area contributed by atoms with Gasteiger partial charge in [0.15, 0.2) is 5.69 Å². The van der Waals surface area contributed by atoms with Gasteiger partial charge in [-0.25, -0.2) is 4.98 Å². The quantitative estimate of drug-likeness (QED) is 0.467. The first-order valence-electron chi connectivity index (χ1n) is 5.28. The largest absolute Gasteiger partial charge is 0.481 e. The number of aromatic nitrogens is 1. The molecule has 0 aliphatic rings. The third-order valence-electron chi connectivity index (χ3n) is 2.50. The van der Waals surface area contributed by atoms with Gasteiger partial charge in [0, 0.05) is 22.7 Å². The van der Waals surface area contributed by atoms with Gasteiger partial charge in [-0.3, -0.25) is 10.1 Å².